The van der Waals surface area contributed by atoms with Gasteiger partial charge in [-0.1, -0.05) is 37.3 Å². The van der Waals surface area contributed by atoms with Gasteiger partial charge in [0.1, 0.15) is 0 Å². The van der Waals surface area contributed by atoms with Crippen molar-refractivity contribution in [2.75, 3.05) is 20.7 Å². The molecule has 7 atom stereocenters. The molecule has 4 nitrogen and oxygen atoms in total. The number of carbonyl (C=O) groups excluding carboxylic acids is 1. The number of rotatable bonds is 5. The van der Waals surface area contributed by atoms with Crippen LogP contribution in [0.15, 0.2) is 35.7 Å². The molecule has 1 amide bonds. The molecule has 4 rings (SSSR count). The molecular formula is C22H30N2O2S. The Bertz CT molecular complexity index is 705. The maximum atomic E-state index is 12.5. The summed E-state index contributed by atoms with van der Waals surface area (Å²) in [6.45, 7) is 3.23. The zero-order valence-corrected chi connectivity index (χ0v) is 17.2. The van der Waals surface area contributed by atoms with Crippen LogP contribution in [0.1, 0.15) is 42.7 Å². The van der Waals surface area contributed by atoms with Crippen molar-refractivity contribution in [2.45, 2.75) is 49.0 Å². The van der Waals surface area contributed by atoms with Gasteiger partial charge in [-0.05, 0) is 48.3 Å². The van der Waals surface area contributed by atoms with Crippen molar-refractivity contribution in [3.05, 3.63) is 46.9 Å². The molecule has 6 unspecified atom stereocenters. The highest BCUT2D eigenvalue weighted by molar-refractivity contribution is 8.03. The number of amides is 1. The number of thioether (sulfide) groups is 1. The van der Waals surface area contributed by atoms with Gasteiger partial charge in [0, 0.05) is 31.5 Å². The summed E-state index contributed by atoms with van der Waals surface area (Å²) in [5, 5.41) is 8.72. The summed E-state index contributed by atoms with van der Waals surface area (Å²) >= 11 is 1.67. The summed E-state index contributed by atoms with van der Waals surface area (Å²) in [5.74, 6) is 1.73. The zero-order valence-electron chi connectivity index (χ0n) is 16.4. The van der Waals surface area contributed by atoms with E-state index in [0.29, 0.717) is 23.7 Å². The van der Waals surface area contributed by atoms with Gasteiger partial charge in [0.25, 0.3) is 0 Å². The lowest BCUT2D eigenvalue weighted by atomic mass is 9.63. The van der Waals surface area contributed by atoms with E-state index in [4.69, 9.17) is 4.74 Å². The van der Waals surface area contributed by atoms with E-state index in [1.807, 2.05) is 14.2 Å². The van der Waals surface area contributed by atoms with Crippen molar-refractivity contribution in [1.82, 2.24) is 10.6 Å². The van der Waals surface area contributed by atoms with Crippen molar-refractivity contribution in [2.24, 2.45) is 11.8 Å². The molecule has 1 aliphatic carbocycles. The molecule has 0 radical (unpaired) electrons. The quantitative estimate of drug-likeness (QED) is 0.816. The Hall–Kier alpha value is -1.30. The average Bonchev–Trinajstić information content (AvgIpc) is 3.18. The number of methoxy groups -OCH3 is 1. The standard InChI is InChI=1S/C22H30N2O2S/c1-13(12-23-2)14-4-6-15(7-5-14)19-18(26-3)9-8-17-20(19)16-10-11-27-21(16)22(25)24-17/h4-7,10-11,13,16-21,23H,8-9,12H2,1-3H3,(H,24,25)/t13-,16?,17?,18?,19?,20?,21?/m0/s1. The molecule has 3 aliphatic rings. The molecule has 2 N–H and O–H groups in total. The lowest BCUT2D eigenvalue weighted by molar-refractivity contribution is -0.127. The van der Waals surface area contributed by atoms with Crippen LogP contribution < -0.4 is 10.6 Å². The Morgan fingerprint density at radius 2 is 2.07 bits per heavy atom. The van der Waals surface area contributed by atoms with Crippen LogP contribution in [0.2, 0.25) is 0 Å². The molecule has 2 heterocycles. The van der Waals surface area contributed by atoms with Crippen LogP contribution in [0.5, 0.6) is 0 Å². The lowest BCUT2D eigenvalue weighted by Gasteiger charge is -2.49. The topological polar surface area (TPSA) is 50.4 Å². The predicted molar refractivity (Wildman–Crippen MR) is 111 cm³/mol. The molecule has 146 valence electrons. The average molecular weight is 387 g/mol. The third-order valence-corrected chi connectivity index (χ3v) is 7.79. The number of ether oxygens (including phenoxy) is 1. The number of hydrogen-bond donors (Lipinski definition) is 2. The van der Waals surface area contributed by atoms with Crippen molar-refractivity contribution in [3.63, 3.8) is 0 Å². The van der Waals surface area contributed by atoms with Gasteiger partial charge in [-0.15, -0.1) is 11.8 Å². The van der Waals surface area contributed by atoms with Gasteiger partial charge in [0.15, 0.2) is 0 Å². The SMILES string of the molecule is CNC[C@H](C)c1ccc(C2C(OC)CCC3NC(=O)C4SC=CC4C32)cc1. The highest BCUT2D eigenvalue weighted by Crippen LogP contribution is 2.50. The van der Waals surface area contributed by atoms with E-state index in [9.17, 15) is 4.79 Å². The number of hydrogen-bond acceptors (Lipinski definition) is 4. The summed E-state index contributed by atoms with van der Waals surface area (Å²) in [5.41, 5.74) is 2.71. The first kappa shape index (κ1) is 19.0. The largest absolute Gasteiger partial charge is 0.381 e. The van der Waals surface area contributed by atoms with Crippen molar-refractivity contribution in [3.8, 4) is 0 Å². The molecular weight excluding hydrogens is 356 g/mol. The first-order valence-corrected chi connectivity index (χ1v) is 11.0. The van der Waals surface area contributed by atoms with Crippen molar-refractivity contribution >= 4 is 17.7 Å². The maximum Gasteiger partial charge on any atom is 0.234 e. The Labute approximate surface area is 166 Å². The molecule has 2 aliphatic heterocycles. The van der Waals surface area contributed by atoms with Crippen LogP contribution in [-0.2, 0) is 9.53 Å². The highest BCUT2D eigenvalue weighted by Gasteiger charge is 2.52. The van der Waals surface area contributed by atoms with Gasteiger partial charge in [-0.25, -0.2) is 0 Å². The number of allylic oxidation sites excluding steroid dienone is 1. The van der Waals surface area contributed by atoms with E-state index in [1.165, 1.54) is 11.1 Å². The molecule has 0 bridgehead atoms. The summed E-state index contributed by atoms with van der Waals surface area (Å²) in [6.07, 6.45) is 4.47. The molecule has 27 heavy (non-hydrogen) atoms. The number of benzene rings is 1. The molecule has 1 saturated heterocycles. The molecule has 0 spiro atoms. The molecule has 2 fully saturated rings. The number of carbonyl (C=O) groups is 1. The van der Waals surface area contributed by atoms with E-state index in [0.717, 1.165) is 19.4 Å². The first-order valence-electron chi connectivity index (χ1n) is 10.0. The van der Waals surface area contributed by atoms with Crippen LogP contribution in [0.3, 0.4) is 0 Å². The zero-order chi connectivity index (χ0) is 19.0. The summed E-state index contributed by atoms with van der Waals surface area (Å²) in [6, 6.07) is 9.37. The summed E-state index contributed by atoms with van der Waals surface area (Å²) < 4.78 is 5.95. The Morgan fingerprint density at radius 1 is 1.30 bits per heavy atom. The van der Waals surface area contributed by atoms with Gasteiger partial charge in [0.2, 0.25) is 5.91 Å². The predicted octanol–water partition coefficient (Wildman–Crippen LogP) is 3.26. The molecule has 1 aromatic carbocycles. The van der Waals surface area contributed by atoms with E-state index < -0.39 is 0 Å². The van der Waals surface area contributed by atoms with Crippen LogP contribution in [0.25, 0.3) is 0 Å². The van der Waals surface area contributed by atoms with E-state index in [2.05, 4.69) is 53.3 Å². The smallest absolute Gasteiger partial charge is 0.234 e. The fourth-order valence-electron chi connectivity index (χ4n) is 5.31. The van der Waals surface area contributed by atoms with E-state index in [-0.39, 0.29) is 23.3 Å². The van der Waals surface area contributed by atoms with Gasteiger partial charge < -0.3 is 15.4 Å². The van der Waals surface area contributed by atoms with Crippen molar-refractivity contribution < 1.29 is 9.53 Å². The van der Waals surface area contributed by atoms with E-state index in [1.54, 1.807) is 11.8 Å². The summed E-state index contributed by atoms with van der Waals surface area (Å²) in [4.78, 5) is 12.5. The molecule has 5 heteroatoms. The monoisotopic (exact) mass is 386 g/mol. The van der Waals surface area contributed by atoms with Crippen LogP contribution in [-0.4, -0.2) is 44.0 Å². The van der Waals surface area contributed by atoms with E-state index >= 15 is 0 Å². The molecule has 1 aromatic rings. The third kappa shape index (κ3) is 3.45. The van der Waals surface area contributed by atoms with Crippen LogP contribution >= 0.6 is 11.8 Å². The fraction of sp³-hybridized carbons (Fsp3) is 0.591. The number of nitrogens with one attached hydrogen (secondary N) is 2. The van der Waals surface area contributed by atoms with Gasteiger partial charge >= 0.3 is 0 Å². The first-order chi connectivity index (χ1) is 13.1. The highest BCUT2D eigenvalue weighted by atomic mass is 32.2. The minimum Gasteiger partial charge on any atom is -0.381 e. The number of fused-ring (bicyclic) bond motifs is 3. The third-order valence-electron chi connectivity index (χ3n) is 6.65. The Kier molecular flexibility index (Phi) is 5.62. The number of likely N-dealkylation sites (N-methyl/N-ethyl adjacent to an activating group) is 1. The fourth-order valence-corrected chi connectivity index (χ4v) is 6.39. The summed E-state index contributed by atoms with van der Waals surface area (Å²) in [7, 11) is 3.83. The van der Waals surface area contributed by atoms with Crippen molar-refractivity contribution in [1.29, 1.82) is 0 Å². The Balaban J connectivity index is 1.65. The molecule has 0 aromatic heterocycles. The second-order valence-corrected chi connectivity index (χ2v) is 9.21. The number of piperidine rings is 1. The Morgan fingerprint density at radius 3 is 2.78 bits per heavy atom. The maximum absolute atomic E-state index is 12.5. The van der Waals surface area contributed by atoms with Gasteiger partial charge in [-0.3, -0.25) is 4.79 Å². The van der Waals surface area contributed by atoms with Gasteiger partial charge in [0.05, 0.1) is 11.4 Å². The van der Waals surface area contributed by atoms with Crippen LogP contribution in [0.4, 0.5) is 0 Å². The van der Waals surface area contributed by atoms with Crippen LogP contribution in [0, 0.1) is 11.8 Å². The van der Waals surface area contributed by atoms with Gasteiger partial charge in [-0.2, -0.15) is 0 Å². The normalized spacial score (nSPS) is 36.0. The minimum absolute atomic E-state index is 0.0271. The molecule has 1 saturated carbocycles. The second-order valence-electron chi connectivity index (χ2n) is 8.16. The second kappa shape index (κ2) is 7.98. The lowest BCUT2D eigenvalue weighted by Crippen LogP contribution is -2.59. The minimum atomic E-state index is 0.0271.